The lowest BCUT2D eigenvalue weighted by molar-refractivity contribution is 0.340. The summed E-state index contributed by atoms with van der Waals surface area (Å²) in [6.45, 7) is 4.76. The molecule has 0 radical (unpaired) electrons. The van der Waals surface area contributed by atoms with Crippen molar-refractivity contribution in [3.8, 4) is 16.9 Å². The number of ether oxygens (including phenoxy) is 1. The summed E-state index contributed by atoms with van der Waals surface area (Å²) in [5.41, 5.74) is 9.73. The number of nitrogens with two attached hydrogens (primary N) is 1. The molecule has 136 valence electrons. The van der Waals surface area contributed by atoms with Gasteiger partial charge in [0.25, 0.3) is 0 Å². The number of nitrogens with zero attached hydrogens (tertiary/aromatic N) is 2. The second-order valence-electron chi connectivity index (χ2n) is 6.14. The fourth-order valence-corrected chi connectivity index (χ4v) is 4.09. The average molecular weight is 376 g/mol. The zero-order valence-corrected chi connectivity index (χ0v) is 16.0. The Hall–Kier alpha value is -3.12. The third kappa shape index (κ3) is 3.44. The van der Waals surface area contributed by atoms with Crippen LogP contribution in [0.1, 0.15) is 11.8 Å². The Balaban J connectivity index is 1.80. The number of rotatable bonds is 5. The number of nitrogens with one attached hydrogen (secondary N) is 1. The maximum atomic E-state index is 5.79. The average Bonchev–Trinajstić information content (AvgIpc) is 3.01. The van der Waals surface area contributed by atoms with Crippen molar-refractivity contribution in [1.29, 1.82) is 0 Å². The normalized spacial score (nSPS) is 10.9. The molecule has 0 saturated heterocycles. The van der Waals surface area contributed by atoms with Gasteiger partial charge in [0.1, 0.15) is 22.7 Å². The van der Waals surface area contributed by atoms with Gasteiger partial charge in [-0.2, -0.15) is 0 Å². The lowest BCUT2D eigenvalue weighted by atomic mass is 10.0. The fourth-order valence-electron chi connectivity index (χ4n) is 3.07. The number of aromatic nitrogens is 2. The summed E-state index contributed by atoms with van der Waals surface area (Å²) in [4.78, 5) is 11.1. The highest BCUT2D eigenvalue weighted by atomic mass is 32.1. The van der Waals surface area contributed by atoms with Crippen LogP contribution in [0.2, 0.25) is 0 Å². The number of hydrogen-bond donors (Lipinski definition) is 2. The predicted octanol–water partition coefficient (Wildman–Crippen LogP) is 5.39. The van der Waals surface area contributed by atoms with Gasteiger partial charge in [-0.05, 0) is 55.8 Å². The Kier molecular flexibility index (Phi) is 4.64. The topological polar surface area (TPSA) is 73.1 Å². The Labute approximate surface area is 161 Å². The van der Waals surface area contributed by atoms with Crippen molar-refractivity contribution in [2.45, 2.75) is 13.8 Å². The Morgan fingerprint density at radius 3 is 2.48 bits per heavy atom. The van der Waals surface area contributed by atoms with E-state index in [1.807, 2.05) is 43.3 Å². The zero-order chi connectivity index (χ0) is 18.8. The molecule has 3 N–H and O–H groups in total. The van der Waals surface area contributed by atoms with E-state index in [1.165, 1.54) is 4.88 Å². The molecule has 27 heavy (non-hydrogen) atoms. The SMILES string of the molecule is CCOc1ccc(-c2c(C)sc3ncnc(Nc4ccc(N)cc4)c23)cc1. The van der Waals surface area contributed by atoms with Gasteiger partial charge in [-0.25, -0.2) is 9.97 Å². The number of thiophene rings is 1. The Bertz CT molecular complexity index is 1070. The summed E-state index contributed by atoms with van der Waals surface area (Å²) < 4.78 is 5.56. The van der Waals surface area contributed by atoms with Crippen LogP contribution in [0.25, 0.3) is 21.3 Å². The molecule has 0 bridgehead atoms. The van der Waals surface area contributed by atoms with E-state index in [0.717, 1.165) is 44.3 Å². The summed E-state index contributed by atoms with van der Waals surface area (Å²) in [5, 5.41) is 4.43. The first-order valence-corrected chi connectivity index (χ1v) is 9.57. The number of aryl methyl sites for hydroxylation is 1. The summed E-state index contributed by atoms with van der Waals surface area (Å²) >= 11 is 1.67. The molecule has 5 nitrogen and oxygen atoms in total. The van der Waals surface area contributed by atoms with Crippen LogP contribution in [0.3, 0.4) is 0 Å². The predicted molar refractivity (Wildman–Crippen MR) is 113 cm³/mol. The lowest BCUT2D eigenvalue weighted by Crippen LogP contribution is -1.96. The maximum Gasteiger partial charge on any atom is 0.143 e. The second-order valence-corrected chi connectivity index (χ2v) is 7.34. The number of benzene rings is 2. The third-order valence-corrected chi connectivity index (χ3v) is 5.30. The maximum absolute atomic E-state index is 5.79. The van der Waals surface area contributed by atoms with Gasteiger partial charge < -0.3 is 15.8 Å². The number of hydrogen-bond acceptors (Lipinski definition) is 6. The van der Waals surface area contributed by atoms with Crippen LogP contribution in [0, 0.1) is 6.92 Å². The number of anilines is 3. The van der Waals surface area contributed by atoms with Crippen molar-refractivity contribution >= 4 is 38.7 Å². The molecule has 6 heteroatoms. The standard InChI is InChI=1S/C21H20N4OS/c1-3-26-17-10-4-14(5-11-17)18-13(2)27-21-19(18)20(23-12-24-21)25-16-8-6-15(22)7-9-16/h4-12H,3,22H2,1-2H3,(H,23,24,25). The van der Waals surface area contributed by atoms with E-state index in [2.05, 4.69) is 34.3 Å². The minimum absolute atomic E-state index is 0.656. The molecule has 0 aliphatic rings. The van der Waals surface area contributed by atoms with Gasteiger partial charge >= 0.3 is 0 Å². The summed E-state index contributed by atoms with van der Waals surface area (Å²) in [6, 6.07) is 15.8. The Morgan fingerprint density at radius 2 is 1.78 bits per heavy atom. The lowest BCUT2D eigenvalue weighted by Gasteiger charge is -2.10. The smallest absolute Gasteiger partial charge is 0.143 e. The molecule has 0 saturated carbocycles. The summed E-state index contributed by atoms with van der Waals surface area (Å²) in [5.74, 6) is 1.66. The van der Waals surface area contributed by atoms with Crippen molar-refractivity contribution in [2.75, 3.05) is 17.7 Å². The first kappa shape index (κ1) is 17.3. The molecule has 4 rings (SSSR count). The summed E-state index contributed by atoms with van der Waals surface area (Å²) in [7, 11) is 0. The molecule has 0 aliphatic heterocycles. The molecule has 2 aromatic heterocycles. The molecule has 4 aromatic rings. The summed E-state index contributed by atoms with van der Waals surface area (Å²) in [6.07, 6.45) is 1.60. The van der Waals surface area contributed by atoms with Crippen molar-refractivity contribution in [3.63, 3.8) is 0 Å². The largest absolute Gasteiger partial charge is 0.494 e. The molecule has 0 fully saturated rings. The first-order chi connectivity index (χ1) is 13.2. The molecule has 0 spiro atoms. The van der Waals surface area contributed by atoms with Gasteiger partial charge in [0.15, 0.2) is 0 Å². The van der Waals surface area contributed by atoms with E-state index in [1.54, 1.807) is 17.7 Å². The van der Waals surface area contributed by atoms with E-state index in [0.29, 0.717) is 6.61 Å². The molecular weight excluding hydrogens is 356 g/mol. The van der Waals surface area contributed by atoms with Gasteiger partial charge in [-0.3, -0.25) is 0 Å². The van der Waals surface area contributed by atoms with Gasteiger partial charge in [0.2, 0.25) is 0 Å². The monoisotopic (exact) mass is 376 g/mol. The van der Waals surface area contributed by atoms with E-state index >= 15 is 0 Å². The molecule has 2 aromatic carbocycles. The van der Waals surface area contributed by atoms with Gasteiger partial charge in [-0.15, -0.1) is 11.3 Å². The number of nitrogen functional groups attached to an aromatic ring is 1. The minimum Gasteiger partial charge on any atom is -0.494 e. The Morgan fingerprint density at radius 1 is 1.04 bits per heavy atom. The fraction of sp³-hybridized carbons (Fsp3) is 0.143. The molecule has 0 aliphatic carbocycles. The highest BCUT2D eigenvalue weighted by molar-refractivity contribution is 7.19. The highest BCUT2D eigenvalue weighted by Crippen LogP contribution is 2.41. The highest BCUT2D eigenvalue weighted by Gasteiger charge is 2.17. The van der Waals surface area contributed by atoms with E-state index in [-0.39, 0.29) is 0 Å². The zero-order valence-electron chi connectivity index (χ0n) is 15.2. The third-order valence-electron chi connectivity index (χ3n) is 4.29. The second kappa shape index (κ2) is 7.25. The quantitative estimate of drug-likeness (QED) is 0.457. The van der Waals surface area contributed by atoms with Crippen LogP contribution < -0.4 is 15.8 Å². The van der Waals surface area contributed by atoms with Crippen LogP contribution in [0.5, 0.6) is 5.75 Å². The van der Waals surface area contributed by atoms with E-state index in [9.17, 15) is 0 Å². The molecular formula is C21H20N4OS. The van der Waals surface area contributed by atoms with Gasteiger partial charge in [0, 0.05) is 21.8 Å². The van der Waals surface area contributed by atoms with Crippen molar-refractivity contribution < 1.29 is 4.74 Å². The van der Waals surface area contributed by atoms with Crippen molar-refractivity contribution in [2.24, 2.45) is 0 Å². The van der Waals surface area contributed by atoms with Gasteiger partial charge in [0.05, 0.1) is 12.0 Å². The van der Waals surface area contributed by atoms with Crippen LogP contribution in [0.15, 0.2) is 54.9 Å². The van der Waals surface area contributed by atoms with Gasteiger partial charge in [-0.1, -0.05) is 12.1 Å². The van der Waals surface area contributed by atoms with Crippen molar-refractivity contribution in [1.82, 2.24) is 9.97 Å². The molecule has 0 unspecified atom stereocenters. The van der Waals surface area contributed by atoms with E-state index in [4.69, 9.17) is 10.5 Å². The van der Waals surface area contributed by atoms with E-state index < -0.39 is 0 Å². The molecule has 2 heterocycles. The van der Waals surface area contributed by atoms with Crippen LogP contribution in [0.4, 0.5) is 17.2 Å². The van der Waals surface area contributed by atoms with Crippen molar-refractivity contribution in [3.05, 3.63) is 59.7 Å². The van der Waals surface area contributed by atoms with Crippen LogP contribution >= 0.6 is 11.3 Å². The van der Waals surface area contributed by atoms with Crippen LogP contribution in [-0.4, -0.2) is 16.6 Å². The molecule has 0 atom stereocenters. The molecule has 0 amide bonds. The first-order valence-electron chi connectivity index (χ1n) is 8.75. The number of fused-ring (bicyclic) bond motifs is 1. The van der Waals surface area contributed by atoms with Crippen LogP contribution in [-0.2, 0) is 0 Å². The minimum atomic E-state index is 0.656.